The number of hydrogen-bond donors (Lipinski definition) is 3. The van der Waals surface area contributed by atoms with Gasteiger partial charge in [-0.2, -0.15) is 4.98 Å². The zero-order chi connectivity index (χ0) is 24.2. The van der Waals surface area contributed by atoms with Crippen molar-refractivity contribution < 1.29 is 5.11 Å². The van der Waals surface area contributed by atoms with Gasteiger partial charge < -0.3 is 15.7 Å². The summed E-state index contributed by atoms with van der Waals surface area (Å²) in [5, 5.41) is 17.6. The van der Waals surface area contributed by atoms with Gasteiger partial charge in [0.1, 0.15) is 10.8 Å². The number of aliphatic hydroxyl groups excluding tert-OH is 1. The highest BCUT2D eigenvalue weighted by Crippen LogP contribution is 2.39. The van der Waals surface area contributed by atoms with Crippen LogP contribution in [-0.2, 0) is 0 Å². The zero-order valence-electron chi connectivity index (χ0n) is 20.4. The van der Waals surface area contributed by atoms with E-state index in [1.165, 1.54) is 5.56 Å². The number of nitrogens with one attached hydrogen (secondary N) is 2. The Kier molecular flexibility index (Phi) is 7.25. The van der Waals surface area contributed by atoms with Gasteiger partial charge in [0.25, 0.3) is 0 Å². The van der Waals surface area contributed by atoms with Crippen molar-refractivity contribution >= 4 is 33.3 Å². The summed E-state index contributed by atoms with van der Waals surface area (Å²) in [4.78, 5) is 14.6. The first-order chi connectivity index (χ1) is 17.1. The summed E-state index contributed by atoms with van der Waals surface area (Å²) < 4.78 is 1.16. The Morgan fingerprint density at radius 2 is 1.80 bits per heavy atom. The second kappa shape index (κ2) is 10.7. The highest BCUT2D eigenvalue weighted by Gasteiger charge is 2.31. The summed E-state index contributed by atoms with van der Waals surface area (Å²) >= 11 is 1.67. The van der Waals surface area contributed by atoms with Crippen LogP contribution in [0.3, 0.4) is 0 Å². The number of hydrogen-bond acceptors (Lipinski definition) is 7. The van der Waals surface area contributed by atoms with Crippen LogP contribution in [0.15, 0.2) is 54.6 Å². The standard InChI is InChI=1S/C28H33N5OS/c1-3-19(17-34)13-14-29-26-25(27-32-23-11-7-8-12-24(23)35-27)18(2)30-28(33-26)31-22-15-21(16-22)20-9-5-4-6-10-20/h4-12,19,21-22,34H,3,13-17H2,1-2H3,(H2,29,30,31,33). The van der Waals surface area contributed by atoms with Crippen LogP contribution in [-0.4, -0.2) is 39.3 Å². The number of para-hydroxylation sites is 1. The number of thiazole rings is 1. The van der Waals surface area contributed by atoms with Crippen LogP contribution >= 0.6 is 11.3 Å². The highest BCUT2D eigenvalue weighted by atomic mass is 32.1. The van der Waals surface area contributed by atoms with Gasteiger partial charge in [0, 0.05) is 19.2 Å². The molecule has 1 fully saturated rings. The van der Waals surface area contributed by atoms with Crippen LogP contribution in [0, 0.1) is 12.8 Å². The molecule has 0 amide bonds. The van der Waals surface area contributed by atoms with Gasteiger partial charge in [-0.05, 0) is 55.7 Å². The fourth-order valence-corrected chi connectivity index (χ4v) is 5.80. The predicted molar refractivity (Wildman–Crippen MR) is 145 cm³/mol. The van der Waals surface area contributed by atoms with E-state index < -0.39 is 0 Å². The molecule has 1 atom stereocenters. The molecule has 5 rings (SSSR count). The van der Waals surface area contributed by atoms with Crippen LogP contribution in [0.25, 0.3) is 20.8 Å². The molecule has 0 spiro atoms. The molecule has 182 valence electrons. The predicted octanol–water partition coefficient (Wildman–Crippen LogP) is 6.24. The lowest BCUT2D eigenvalue weighted by Crippen LogP contribution is -2.34. The molecule has 1 aliphatic carbocycles. The van der Waals surface area contributed by atoms with E-state index in [-0.39, 0.29) is 6.61 Å². The molecule has 0 saturated heterocycles. The minimum absolute atomic E-state index is 0.211. The fourth-order valence-electron chi connectivity index (χ4n) is 4.74. The molecule has 2 aromatic heterocycles. The molecular weight excluding hydrogens is 454 g/mol. The number of aromatic nitrogens is 3. The Labute approximate surface area is 210 Å². The molecule has 0 bridgehead atoms. The van der Waals surface area contributed by atoms with E-state index >= 15 is 0 Å². The second-order valence-electron chi connectivity index (χ2n) is 9.44. The molecule has 1 saturated carbocycles. The molecule has 35 heavy (non-hydrogen) atoms. The smallest absolute Gasteiger partial charge is 0.225 e. The average Bonchev–Trinajstić information content (AvgIpc) is 3.28. The van der Waals surface area contributed by atoms with Gasteiger partial charge in [-0.1, -0.05) is 55.8 Å². The number of aliphatic hydroxyl groups is 1. The number of benzene rings is 2. The molecule has 4 aromatic rings. The zero-order valence-corrected chi connectivity index (χ0v) is 21.2. The van der Waals surface area contributed by atoms with Crippen LogP contribution < -0.4 is 10.6 Å². The fraction of sp³-hybridized carbons (Fsp3) is 0.393. The van der Waals surface area contributed by atoms with Crippen molar-refractivity contribution in [2.45, 2.75) is 51.5 Å². The van der Waals surface area contributed by atoms with Gasteiger partial charge in [-0.3, -0.25) is 0 Å². The van der Waals surface area contributed by atoms with Gasteiger partial charge >= 0.3 is 0 Å². The summed E-state index contributed by atoms with van der Waals surface area (Å²) in [6, 6.07) is 19.3. The minimum Gasteiger partial charge on any atom is -0.396 e. The van der Waals surface area contributed by atoms with E-state index in [0.29, 0.717) is 23.8 Å². The maximum absolute atomic E-state index is 9.59. The minimum atomic E-state index is 0.211. The van der Waals surface area contributed by atoms with Crippen LogP contribution in [0.4, 0.5) is 11.8 Å². The molecule has 0 aliphatic heterocycles. The largest absolute Gasteiger partial charge is 0.396 e. The average molecular weight is 488 g/mol. The summed E-state index contributed by atoms with van der Waals surface area (Å²) in [5.74, 6) is 2.36. The van der Waals surface area contributed by atoms with Crippen LogP contribution in [0.5, 0.6) is 0 Å². The maximum atomic E-state index is 9.59. The van der Waals surface area contributed by atoms with Gasteiger partial charge in [0.15, 0.2) is 0 Å². The third kappa shape index (κ3) is 5.31. The van der Waals surface area contributed by atoms with Gasteiger partial charge in [-0.15, -0.1) is 11.3 Å². The lowest BCUT2D eigenvalue weighted by Gasteiger charge is -2.36. The highest BCUT2D eigenvalue weighted by molar-refractivity contribution is 7.21. The first kappa shape index (κ1) is 23.7. The number of aryl methyl sites for hydroxylation is 1. The van der Waals surface area contributed by atoms with Gasteiger partial charge in [0.2, 0.25) is 5.95 Å². The van der Waals surface area contributed by atoms with Crippen molar-refractivity contribution in [3.05, 3.63) is 65.9 Å². The molecule has 2 heterocycles. The first-order valence-electron chi connectivity index (χ1n) is 12.5. The quantitative estimate of drug-likeness (QED) is 0.246. The summed E-state index contributed by atoms with van der Waals surface area (Å²) in [7, 11) is 0. The van der Waals surface area contributed by atoms with Crippen molar-refractivity contribution in [2.75, 3.05) is 23.8 Å². The molecule has 1 unspecified atom stereocenters. The second-order valence-corrected chi connectivity index (χ2v) is 10.5. The Hall–Kier alpha value is -3.03. The molecule has 7 heteroatoms. The molecule has 6 nitrogen and oxygen atoms in total. The van der Waals surface area contributed by atoms with Crippen LogP contribution in [0.1, 0.15) is 49.8 Å². The van der Waals surface area contributed by atoms with E-state index in [0.717, 1.165) is 64.5 Å². The summed E-state index contributed by atoms with van der Waals surface area (Å²) in [6.45, 7) is 5.11. The monoisotopic (exact) mass is 487 g/mol. The third-order valence-electron chi connectivity index (χ3n) is 7.02. The topological polar surface area (TPSA) is 83.0 Å². The summed E-state index contributed by atoms with van der Waals surface area (Å²) in [5.41, 5.74) is 4.28. The number of rotatable bonds is 10. The molecule has 2 aromatic carbocycles. The lowest BCUT2D eigenvalue weighted by atomic mass is 9.76. The SMILES string of the molecule is CCC(CO)CCNc1nc(NC2CC(c3ccccc3)C2)nc(C)c1-c1nc2ccccc2s1. The normalized spacial score (nSPS) is 18.3. The maximum Gasteiger partial charge on any atom is 0.225 e. The van der Waals surface area contributed by atoms with Crippen LogP contribution in [0.2, 0.25) is 0 Å². The van der Waals surface area contributed by atoms with Gasteiger partial charge in [-0.25, -0.2) is 9.97 Å². The number of fused-ring (bicyclic) bond motifs is 1. The molecular formula is C28H33N5OS. The van der Waals surface area contributed by atoms with Crippen molar-refractivity contribution in [2.24, 2.45) is 5.92 Å². The molecule has 3 N–H and O–H groups in total. The Balaban J connectivity index is 1.37. The Morgan fingerprint density at radius 1 is 1.03 bits per heavy atom. The number of anilines is 2. The van der Waals surface area contributed by atoms with Crippen molar-refractivity contribution in [3.8, 4) is 10.6 Å². The van der Waals surface area contributed by atoms with Crippen molar-refractivity contribution in [3.63, 3.8) is 0 Å². The third-order valence-corrected chi connectivity index (χ3v) is 8.07. The van der Waals surface area contributed by atoms with Gasteiger partial charge in [0.05, 0.1) is 21.5 Å². The number of nitrogens with zero attached hydrogens (tertiary/aromatic N) is 3. The van der Waals surface area contributed by atoms with E-state index in [1.807, 2.05) is 25.1 Å². The van der Waals surface area contributed by atoms with E-state index in [2.05, 4.69) is 54.0 Å². The lowest BCUT2D eigenvalue weighted by molar-refractivity contribution is 0.217. The van der Waals surface area contributed by atoms with E-state index in [4.69, 9.17) is 15.0 Å². The molecule has 1 aliphatic rings. The molecule has 0 radical (unpaired) electrons. The summed E-state index contributed by atoms with van der Waals surface area (Å²) in [6.07, 6.45) is 4.02. The van der Waals surface area contributed by atoms with E-state index in [9.17, 15) is 5.11 Å². The van der Waals surface area contributed by atoms with Crippen molar-refractivity contribution in [1.29, 1.82) is 0 Å². The first-order valence-corrected chi connectivity index (χ1v) is 13.4. The van der Waals surface area contributed by atoms with E-state index in [1.54, 1.807) is 11.3 Å². The Bertz CT molecular complexity index is 1230. The Morgan fingerprint density at radius 3 is 2.54 bits per heavy atom. The van der Waals surface area contributed by atoms with Crippen molar-refractivity contribution in [1.82, 2.24) is 15.0 Å².